The van der Waals surface area contributed by atoms with Crippen molar-refractivity contribution in [2.45, 2.75) is 0 Å². The molecule has 2 heterocycles. The summed E-state index contributed by atoms with van der Waals surface area (Å²) in [5.41, 5.74) is 5.39. The molecule has 2 fully saturated rings. The van der Waals surface area contributed by atoms with Crippen molar-refractivity contribution in [3.63, 3.8) is 0 Å². The molecule has 3 aromatic carbocycles. The van der Waals surface area contributed by atoms with E-state index in [1.54, 1.807) is 12.2 Å². The van der Waals surface area contributed by atoms with Crippen LogP contribution in [0.5, 0.6) is 0 Å². The van der Waals surface area contributed by atoms with Gasteiger partial charge in [0, 0.05) is 48.7 Å². The summed E-state index contributed by atoms with van der Waals surface area (Å²) >= 11 is 0. The maximum atomic E-state index is 12.6. The molecule has 0 radical (unpaired) electrons. The predicted molar refractivity (Wildman–Crippen MR) is 152 cm³/mol. The highest BCUT2D eigenvalue weighted by atomic mass is 16.5. The molecule has 2 aliphatic rings. The van der Waals surface area contributed by atoms with Gasteiger partial charge < -0.3 is 19.3 Å². The summed E-state index contributed by atoms with van der Waals surface area (Å²) in [5.74, 6) is -0.0690. The van der Waals surface area contributed by atoms with Crippen LogP contribution in [0, 0.1) is 0 Å². The molecule has 0 spiro atoms. The summed E-state index contributed by atoms with van der Waals surface area (Å²) < 4.78 is 10.8. The van der Waals surface area contributed by atoms with Gasteiger partial charge in [-0.15, -0.1) is 0 Å². The van der Waals surface area contributed by atoms with Gasteiger partial charge in [-0.2, -0.15) is 0 Å². The molecule has 5 rings (SSSR count). The van der Waals surface area contributed by atoms with Crippen LogP contribution >= 0.6 is 0 Å². The first kappa shape index (κ1) is 25.6. The minimum atomic E-state index is -0.0345. The largest absolute Gasteiger partial charge is 0.378 e. The van der Waals surface area contributed by atoms with Gasteiger partial charge in [0.2, 0.25) is 0 Å². The normalized spacial score (nSPS) is 16.3. The average molecular weight is 509 g/mol. The number of carbonyl (C=O) groups excluding carboxylic acids is 2. The fourth-order valence-corrected chi connectivity index (χ4v) is 4.57. The predicted octanol–water partition coefficient (Wildman–Crippen LogP) is 5.15. The second kappa shape index (κ2) is 12.5. The molecule has 0 amide bonds. The lowest BCUT2D eigenvalue weighted by atomic mass is 10.1. The third kappa shape index (κ3) is 6.65. The topological polar surface area (TPSA) is 59.1 Å². The third-order valence-electron chi connectivity index (χ3n) is 6.85. The number of ether oxygens (including phenoxy) is 2. The second-order valence-electron chi connectivity index (χ2n) is 9.35. The molecule has 3 aromatic rings. The summed E-state index contributed by atoms with van der Waals surface area (Å²) in [6.07, 6.45) is 6.82. The van der Waals surface area contributed by atoms with Crippen LogP contribution in [0.3, 0.4) is 0 Å². The maximum absolute atomic E-state index is 12.6. The standard InChI is InChI=1S/C32H32N2O4/c35-31(27-7-11-29(12-8-27)33-17-21-37-22-18-33)15-5-25-1-2-26(4-3-25)6-16-32(36)28-9-13-30(14-10-28)34-19-23-38-24-20-34/h1-16H,17-24H2. The van der Waals surface area contributed by atoms with Crippen molar-refractivity contribution in [2.75, 3.05) is 62.4 Å². The van der Waals surface area contributed by atoms with Crippen molar-refractivity contribution >= 4 is 35.1 Å². The lowest BCUT2D eigenvalue weighted by Gasteiger charge is -2.28. The van der Waals surface area contributed by atoms with Gasteiger partial charge in [0.15, 0.2) is 11.6 Å². The van der Waals surface area contributed by atoms with Gasteiger partial charge in [0.25, 0.3) is 0 Å². The van der Waals surface area contributed by atoms with E-state index in [0.29, 0.717) is 11.1 Å². The third-order valence-corrected chi connectivity index (χ3v) is 6.85. The average Bonchev–Trinajstić information content (AvgIpc) is 3.00. The number of allylic oxidation sites excluding steroid dienone is 2. The Morgan fingerprint density at radius 2 is 0.868 bits per heavy atom. The number of morpholine rings is 2. The van der Waals surface area contributed by atoms with E-state index >= 15 is 0 Å². The van der Waals surface area contributed by atoms with Crippen LogP contribution in [0.4, 0.5) is 11.4 Å². The molecule has 0 N–H and O–H groups in total. The highest BCUT2D eigenvalue weighted by Gasteiger charge is 2.13. The molecule has 0 bridgehead atoms. The molecule has 38 heavy (non-hydrogen) atoms. The van der Waals surface area contributed by atoms with Crippen molar-refractivity contribution in [3.05, 3.63) is 107 Å². The van der Waals surface area contributed by atoms with E-state index < -0.39 is 0 Å². The molecule has 0 aliphatic carbocycles. The Morgan fingerprint density at radius 1 is 0.526 bits per heavy atom. The summed E-state index contributed by atoms with van der Waals surface area (Å²) in [4.78, 5) is 29.8. The molecule has 0 saturated carbocycles. The van der Waals surface area contributed by atoms with Gasteiger partial charge >= 0.3 is 0 Å². The number of rotatable bonds is 8. The highest BCUT2D eigenvalue weighted by Crippen LogP contribution is 2.19. The number of benzene rings is 3. The van der Waals surface area contributed by atoms with Crippen LogP contribution in [-0.4, -0.2) is 64.2 Å². The van der Waals surface area contributed by atoms with Crippen molar-refractivity contribution in [3.8, 4) is 0 Å². The van der Waals surface area contributed by atoms with Crippen molar-refractivity contribution in [2.24, 2.45) is 0 Å². The van der Waals surface area contributed by atoms with Crippen LogP contribution in [0.15, 0.2) is 84.9 Å². The minimum absolute atomic E-state index is 0.0345. The highest BCUT2D eigenvalue weighted by molar-refractivity contribution is 6.07. The molecular weight excluding hydrogens is 476 g/mol. The Labute approximate surface area is 223 Å². The molecule has 2 saturated heterocycles. The fraction of sp³-hybridized carbons (Fsp3) is 0.250. The zero-order chi connectivity index (χ0) is 26.2. The number of nitrogens with zero attached hydrogens (tertiary/aromatic N) is 2. The van der Waals surface area contributed by atoms with Gasteiger partial charge in [-0.1, -0.05) is 36.4 Å². The van der Waals surface area contributed by atoms with Crippen molar-refractivity contribution < 1.29 is 19.1 Å². The molecule has 6 heteroatoms. The molecule has 0 unspecified atom stereocenters. The lowest BCUT2D eigenvalue weighted by molar-refractivity contribution is 0.103. The Hall–Kier alpha value is -4.00. The van der Waals surface area contributed by atoms with Gasteiger partial charge in [0.05, 0.1) is 26.4 Å². The SMILES string of the molecule is O=C(C=Cc1ccc(C=CC(=O)c2ccc(N3CCOCC3)cc2)cc1)c1ccc(N2CCOCC2)cc1. The minimum Gasteiger partial charge on any atom is -0.378 e. The van der Waals surface area contributed by atoms with E-state index in [2.05, 4.69) is 9.80 Å². The maximum Gasteiger partial charge on any atom is 0.185 e. The van der Waals surface area contributed by atoms with E-state index in [-0.39, 0.29) is 11.6 Å². The van der Waals surface area contributed by atoms with Crippen LogP contribution in [-0.2, 0) is 9.47 Å². The first-order valence-electron chi connectivity index (χ1n) is 13.1. The Kier molecular flexibility index (Phi) is 8.43. The molecule has 194 valence electrons. The van der Waals surface area contributed by atoms with E-state index in [1.165, 1.54) is 0 Å². The van der Waals surface area contributed by atoms with E-state index in [9.17, 15) is 9.59 Å². The van der Waals surface area contributed by atoms with Gasteiger partial charge in [-0.05, 0) is 71.8 Å². The molecule has 6 nitrogen and oxygen atoms in total. The Balaban J connectivity index is 1.14. The van der Waals surface area contributed by atoms with Crippen molar-refractivity contribution in [1.29, 1.82) is 0 Å². The van der Waals surface area contributed by atoms with Crippen LogP contribution < -0.4 is 9.80 Å². The second-order valence-corrected chi connectivity index (χ2v) is 9.35. The Morgan fingerprint density at radius 3 is 1.21 bits per heavy atom. The molecule has 0 atom stereocenters. The monoisotopic (exact) mass is 508 g/mol. The quantitative estimate of drug-likeness (QED) is 0.310. The number of hydrogen-bond donors (Lipinski definition) is 0. The van der Waals surface area contributed by atoms with Crippen molar-refractivity contribution in [1.82, 2.24) is 0 Å². The zero-order valence-electron chi connectivity index (χ0n) is 21.4. The summed E-state index contributed by atoms with van der Waals surface area (Å²) in [6, 6.07) is 23.2. The number of anilines is 2. The number of hydrogen-bond acceptors (Lipinski definition) is 6. The zero-order valence-corrected chi connectivity index (χ0v) is 21.4. The Bertz CT molecular complexity index is 1180. The lowest BCUT2D eigenvalue weighted by Crippen LogP contribution is -2.36. The van der Waals surface area contributed by atoms with Crippen LogP contribution in [0.25, 0.3) is 12.2 Å². The van der Waals surface area contributed by atoms with Gasteiger partial charge in [0.1, 0.15) is 0 Å². The molecule has 0 aromatic heterocycles. The van der Waals surface area contributed by atoms with Crippen LogP contribution in [0.2, 0.25) is 0 Å². The van der Waals surface area contributed by atoms with Gasteiger partial charge in [-0.3, -0.25) is 9.59 Å². The first-order valence-corrected chi connectivity index (χ1v) is 13.1. The van der Waals surface area contributed by atoms with Crippen LogP contribution in [0.1, 0.15) is 31.8 Å². The number of ketones is 2. The summed E-state index contributed by atoms with van der Waals surface area (Å²) in [5, 5.41) is 0. The fourth-order valence-electron chi connectivity index (χ4n) is 4.57. The summed E-state index contributed by atoms with van der Waals surface area (Å²) in [6.45, 7) is 6.42. The molecular formula is C32H32N2O4. The van der Waals surface area contributed by atoms with E-state index in [0.717, 1.165) is 75.1 Å². The molecule has 2 aliphatic heterocycles. The van der Waals surface area contributed by atoms with Gasteiger partial charge in [-0.25, -0.2) is 0 Å². The van der Waals surface area contributed by atoms with E-state index in [4.69, 9.17) is 9.47 Å². The van der Waals surface area contributed by atoms with E-state index in [1.807, 2.05) is 84.9 Å². The summed E-state index contributed by atoms with van der Waals surface area (Å²) in [7, 11) is 0. The smallest absolute Gasteiger partial charge is 0.185 e. The first-order chi connectivity index (χ1) is 18.7. The number of carbonyl (C=O) groups is 2.